The fourth-order valence-corrected chi connectivity index (χ4v) is 2.73. The molecule has 2 aromatic rings. The fraction of sp³-hybridized carbons (Fsp3) is 0.250. The molecular weight excluding hydrogens is 248 g/mol. The minimum absolute atomic E-state index is 0.106. The standard InChI is InChI=1S/C16H16N4/c17-19-18-15-11-20(12-15)16(13-7-3-1-4-8-13)14-9-5-2-6-10-14/h1-10,15-16H,11-12H2. The molecule has 4 heteroatoms. The predicted octanol–water partition coefficient (Wildman–Crippen LogP) is 3.77. The van der Waals surface area contributed by atoms with Crippen LogP contribution in [0.3, 0.4) is 0 Å². The van der Waals surface area contributed by atoms with E-state index < -0.39 is 0 Å². The Morgan fingerprint density at radius 3 is 1.90 bits per heavy atom. The van der Waals surface area contributed by atoms with E-state index in [2.05, 4.69) is 63.5 Å². The number of benzene rings is 2. The number of hydrogen-bond acceptors (Lipinski definition) is 2. The van der Waals surface area contributed by atoms with Gasteiger partial charge in [0.25, 0.3) is 0 Å². The maximum Gasteiger partial charge on any atom is 0.0629 e. The van der Waals surface area contributed by atoms with Crippen molar-refractivity contribution in [3.8, 4) is 0 Å². The molecule has 4 nitrogen and oxygen atoms in total. The Kier molecular flexibility index (Phi) is 3.68. The van der Waals surface area contributed by atoms with Gasteiger partial charge in [-0.25, -0.2) is 0 Å². The third kappa shape index (κ3) is 2.52. The molecule has 1 saturated heterocycles. The van der Waals surface area contributed by atoms with Crippen molar-refractivity contribution in [1.82, 2.24) is 4.90 Å². The Morgan fingerprint density at radius 1 is 0.950 bits per heavy atom. The van der Waals surface area contributed by atoms with Gasteiger partial charge in [-0.1, -0.05) is 65.8 Å². The summed E-state index contributed by atoms with van der Waals surface area (Å²) < 4.78 is 0. The molecule has 20 heavy (non-hydrogen) atoms. The first-order chi connectivity index (χ1) is 9.88. The molecule has 1 aliphatic rings. The van der Waals surface area contributed by atoms with Crippen molar-refractivity contribution < 1.29 is 0 Å². The highest BCUT2D eigenvalue weighted by atomic mass is 15.3. The lowest BCUT2D eigenvalue weighted by Gasteiger charge is -2.43. The van der Waals surface area contributed by atoms with Crippen LogP contribution in [-0.2, 0) is 0 Å². The molecule has 0 saturated carbocycles. The first-order valence-corrected chi connectivity index (χ1v) is 6.76. The summed E-state index contributed by atoms with van der Waals surface area (Å²) in [6, 6.07) is 21.3. The molecule has 1 aliphatic heterocycles. The van der Waals surface area contributed by atoms with E-state index in [0.29, 0.717) is 0 Å². The first-order valence-electron chi connectivity index (χ1n) is 6.76. The maximum absolute atomic E-state index is 8.50. The van der Waals surface area contributed by atoms with E-state index in [1.165, 1.54) is 11.1 Å². The van der Waals surface area contributed by atoms with Gasteiger partial charge in [-0.05, 0) is 16.7 Å². The van der Waals surface area contributed by atoms with Gasteiger partial charge in [-0.2, -0.15) is 0 Å². The van der Waals surface area contributed by atoms with Gasteiger partial charge in [0, 0.05) is 18.0 Å². The van der Waals surface area contributed by atoms with Crippen molar-refractivity contribution in [1.29, 1.82) is 0 Å². The van der Waals surface area contributed by atoms with Crippen LogP contribution in [0.25, 0.3) is 10.4 Å². The summed E-state index contributed by atoms with van der Waals surface area (Å²) in [5.74, 6) is 0. The highest BCUT2D eigenvalue weighted by Crippen LogP contribution is 2.32. The van der Waals surface area contributed by atoms with Gasteiger partial charge >= 0.3 is 0 Å². The number of nitrogens with zero attached hydrogens (tertiary/aromatic N) is 4. The van der Waals surface area contributed by atoms with E-state index in [4.69, 9.17) is 5.53 Å². The Morgan fingerprint density at radius 2 is 1.45 bits per heavy atom. The molecule has 0 unspecified atom stereocenters. The summed E-state index contributed by atoms with van der Waals surface area (Å²) in [5.41, 5.74) is 11.1. The normalized spacial score (nSPS) is 15.7. The van der Waals surface area contributed by atoms with E-state index in [-0.39, 0.29) is 12.1 Å². The molecule has 0 bridgehead atoms. The average molecular weight is 264 g/mol. The molecule has 0 atom stereocenters. The fourth-order valence-electron chi connectivity index (χ4n) is 2.73. The van der Waals surface area contributed by atoms with Crippen molar-refractivity contribution in [3.05, 3.63) is 82.2 Å². The summed E-state index contributed by atoms with van der Waals surface area (Å²) in [5, 5.41) is 3.79. The van der Waals surface area contributed by atoms with Crippen LogP contribution in [0.4, 0.5) is 0 Å². The van der Waals surface area contributed by atoms with Crippen molar-refractivity contribution in [2.24, 2.45) is 5.11 Å². The van der Waals surface area contributed by atoms with Crippen LogP contribution < -0.4 is 0 Å². The van der Waals surface area contributed by atoms with Crippen LogP contribution in [0.15, 0.2) is 65.8 Å². The molecule has 100 valence electrons. The van der Waals surface area contributed by atoms with Gasteiger partial charge in [0.05, 0.1) is 12.1 Å². The molecule has 0 radical (unpaired) electrons. The average Bonchev–Trinajstić information content (AvgIpc) is 2.47. The Labute approximate surface area is 118 Å². The molecule has 1 heterocycles. The quantitative estimate of drug-likeness (QED) is 0.471. The topological polar surface area (TPSA) is 52.0 Å². The summed E-state index contributed by atoms with van der Waals surface area (Å²) in [6.07, 6.45) is 0. The Hall–Kier alpha value is -2.29. The molecule has 0 amide bonds. The second-order valence-corrected chi connectivity index (χ2v) is 5.04. The summed E-state index contributed by atoms with van der Waals surface area (Å²) >= 11 is 0. The van der Waals surface area contributed by atoms with Gasteiger partial charge in [-0.15, -0.1) is 0 Å². The van der Waals surface area contributed by atoms with Crippen LogP contribution in [0, 0.1) is 0 Å². The van der Waals surface area contributed by atoms with Crippen molar-refractivity contribution >= 4 is 0 Å². The summed E-state index contributed by atoms with van der Waals surface area (Å²) in [6.45, 7) is 1.64. The van der Waals surface area contributed by atoms with E-state index in [0.717, 1.165) is 13.1 Å². The lowest BCUT2D eigenvalue weighted by molar-refractivity contribution is 0.114. The van der Waals surface area contributed by atoms with E-state index in [1.54, 1.807) is 0 Å². The highest BCUT2D eigenvalue weighted by molar-refractivity contribution is 5.32. The Bertz CT molecular complexity index is 559. The second-order valence-electron chi connectivity index (χ2n) is 5.04. The van der Waals surface area contributed by atoms with Crippen LogP contribution in [0.1, 0.15) is 17.2 Å². The van der Waals surface area contributed by atoms with Crippen LogP contribution >= 0.6 is 0 Å². The number of rotatable bonds is 4. The van der Waals surface area contributed by atoms with Crippen LogP contribution in [0.2, 0.25) is 0 Å². The molecule has 0 aromatic heterocycles. The minimum atomic E-state index is 0.106. The number of azide groups is 1. The summed E-state index contributed by atoms with van der Waals surface area (Å²) in [4.78, 5) is 5.25. The predicted molar refractivity (Wildman–Crippen MR) is 79.2 cm³/mol. The van der Waals surface area contributed by atoms with Crippen LogP contribution in [-0.4, -0.2) is 24.0 Å². The van der Waals surface area contributed by atoms with Crippen LogP contribution in [0.5, 0.6) is 0 Å². The van der Waals surface area contributed by atoms with Gasteiger partial charge in [-0.3, -0.25) is 4.90 Å². The SMILES string of the molecule is [N-]=[N+]=NC1CN(C(c2ccccc2)c2ccccc2)C1. The van der Waals surface area contributed by atoms with E-state index in [9.17, 15) is 0 Å². The van der Waals surface area contributed by atoms with Gasteiger partial charge in [0.15, 0.2) is 0 Å². The zero-order chi connectivity index (χ0) is 13.8. The smallest absolute Gasteiger partial charge is 0.0629 e. The van der Waals surface area contributed by atoms with Gasteiger partial charge in [0.1, 0.15) is 0 Å². The number of hydrogen-bond donors (Lipinski definition) is 0. The molecule has 0 N–H and O–H groups in total. The third-order valence-corrected chi connectivity index (χ3v) is 3.70. The maximum atomic E-state index is 8.50. The molecular formula is C16H16N4. The zero-order valence-corrected chi connectivity index (χ0v) is 11.1. The largest absolute Gasteiger partial charge is 0.291 e. The monoisotopic (exact) mass is 264 g/mol. The molecule has 1 fully saturated rings. The lowest BCUT2D eigenvalue weighted by Crippen LogP contribution is -2.51. The molecule has 0 spiro atoms. The Balaban J connectivity index is 1.88. The highest BCUT2D eigenvalue weighted by Gasteiger charge is 2.33. The number of likely N-dealkylation sites (tertiary alicyclic amines) is 1. The van der Waals surface area contributed by atoms with E-state index in [1.807, 2.05) is 12.1 Å². The molecule has 0 aliphatic carbocycles. The van der Waals surface area contributed by atoms with Crippen molar-refractivity contribution in [2.45, 2.75) is 12.1 Å². The third-order valence-electron chi connectivity index (χ3n) is 3.70. The van der Waals surface area contributed by atoms with Crippen molar-refractivity contribution in [2.75, 3.05) is 13.1 Å². The zero-order valence-electron chi connectivity index (χ0n) is 11.1. The van der Waals surface area contributed by atoms with Gasteiger partial charge in [0.2, 0.25) is 0 Å². The summed E-state index contributed by atoms with van der Waals surface area (Å²) in [7, 11) is 0. The van der Waals surface area contributed by atoms with E-state index >= 15 is 0 Å². The molecule has 3 rings (SSSR count). The first kappa shape index (κ1) is 12.7. The lowest BCUT2D eigenvalue weighted by atomic mass is 9.93. The minimum Gasteiger partial charge on any atom is -0.291 e. The van der Waals surface area contributed by atoms with Crippen molar-refractivity contribution in [3.63, 3.8) is 0 Å². The van der Waals surface area contributed by atoms with Gasteiger partial charge < -0.3 is 0 Å². The second kappa shape index (κ2) is 5.78. The molecule has 2 aromatic carbocycles.